The van der Waals surface area contributed by atoms with Crippen molar-refractivity contribution < 1.29 is 4.42 Å². The molecule has 0 aliphatic rings. The molecule has 16 heavy (non-hydrogen) atoms. The summed E-state index contributed by atoms with van der Waals surface area (Å²) in [5, 5.41) is 0. The number of nitrogens with zero attached hydrogens (tertiary/aromatic N) is 1. The fourth-order valence-electron chi connectivity index (χ4n) is 1.48. The average Bonchev–Trinajstić information content (AvgIpc) is 2.30. The number of rotatable bonds is 1. The molecule has 78 valence electrons. The Morgan fingerprint density at radius 2 is 1.94 bits per heavy atom. The van der Waals surface area contributed by atoms with Gasteiger partial charge < -0.3 is 4.42 Å². The maximum atomic E-state index is 11.5. The molecule has 0 aliphatic carbocycles. The van der Waals surface area contributed by atoms with Crippen molar-refractivity contribution in [1.29, 1.82) is 0 Å². The highest BCUT2D eigenvalue weighted by Gasteiger charge is 2.09. The van der Waals surface area contributed by atoms with Crippen LogP contribution in [-0.2, 0) is 0 Å². The lowest BCUT2D eigenvalue weighted by atomic mass is 10.1. The second kappa shape index (κ2) is 4.03. The number of hydrogen-bond donors (Lipinski definition) is 0. The first kappa shape index (κ1) is 10.2. The number of aryl methyl sites for hydroxylation is 1. The Bertz CT molecular complexity index is 606. The van der Waals surface area contributed by atoms with E-state index in [1.165, 1.54) is 0 Å². The SMILES string of the molecule is [C-]#[N+]c1c(C)cc(-c2ccccc2)oc1=O. The van der Waals surface area contributed by atoms with Gasteiger partial charge in [-0.1, -0.05) is 30.3 Å². The molecule has 0 spiro atoms. The third kappa shape index (κ3) is 1.73. The van der Waals surface area contributed by atoms with Gasteiger partial charge in [0.05, 0.1) is 6.57 Å². The van der Waals surface area contributed by atoms with Crippen molar-refractivity contribution in [2.24, 2.45) is 0 Å². The maximum Gasteiger partial charge on any atom is 0.341 e. The molecule has 2 aromatic rings. The van der Waals surface area contributed by atoms with Crippen LogP contribution in [0.3, 0.4) is 0 Å². The van der Waals surface area contributed by atoms with Crippen LogP contribution in [0.2, 0.25) is 0 Å². The molecular weight excluding hydrogens is 202 g/mol. The summed E-state index contributed by atoms with van der Waals surface area (Å²) in [5.41, 5.74) is 0.956. The van der Waals surface area contributed by atoms with Crippen molar-refractivity contribution in [2.75, 3.05) is 0 Å². The van der Waals surface area contributed by atoms with E-state index in [9.17, 15) is 4.79 Å². The lowest BCUT2D eigenvalue weighted by Gasteiger charge is -2.02. The first-order valence-electron chi connectivity index (χ1n) is 4.80. The molecule has 3 heteroatoms. The first-order valence-corrected chi connectivity index (χ1v) is 4.80. The molecule has 3 nitrogen and oxygen atoms in total. The molecule has 0 saturated heterocycles. The van der Waals surface area contributed by atoms with Gasteiger partial charge in [-0.2, -0.15) is 0 Å². The monoisotopic (exact) mass is 211 g/mol. The zero-order valence-electron chi connectivity index (χ0n) is 8.73. The zero-order chi connectivity index (χ0) is 11.5. The van der Waals surface area contributed by atoms with Crippen molar-refractivity contribution in [3.05, 3.63) is 63.8 Å². The van der Waals surface area contributed by atoms with Crippen LogP contribution in [0.15, 0.2) is 45.6 Å². The summed E-state index contributed by atoms with van der Waals surface area (Å²) in [6, 6.07) is 11.1. The Morgan fingerprint density at radius 1 is 1.25 bits per heavy atom. The summed E-state index contributed by atoms with van der Waals surface area (Å²) in [6.45, 7) is 8.60. The van der Waals surface area contributed by atoms with Gasteiger partial charge in [-0.25, -0.2) is 4.85 Å². The Balaban J connectivity index is 2.63. The summed E-state index contributed by atoms with van der Waals surface area (Å²) in [6.07, 6.45) is 0. The predicted octanol–water partition coefficient (Wildman–Crippen LogP) is 3.17. The van der Waals surface area contributed by atoms with Gasteiger partial charge in [0.2, 0.25) is 0 Å². The van der Waals surface area contributed by atoms with Crippen molar-refractivity contribution in [2.45, 2.75) is 6.92 Å². The van der Waals surface area contributed by atoms with Gasteiger partial charge >= 0.3 is 5.63 Å². The third-order valence-electron chi connectivity index (χ3n) is 2.29. The van der Waals surface area contributed by atoms with E-state index in [1.54, 1.807) is 13.0 Å². The van der Waals surface area contributed by atoms with E-state index in [2.05, 4.69) is 4.85 Å². The van der Waals surface area contributed by atoms with Gasteiger partial charge in [-0.15, -0.1) is 0 Å². The van der Waals surface area contributed by atoms with Gasteiger partial charge in [0, 0.05) is 5.56 Å². The summed E-state index contributed by atoms with van der Waals surface area (Å²) in [7, 11) is 0. The summed E-state index contributed by atoms with van der Waals surface area (Å²) < 4.78 is 5.10. The molecule has 0 radical (unpaired) electrons. The molecule has 0 unspecified atom stereocenters. The maximum absolute atomic E-state index is 11.5. The van der Waals surface area contributed by atoms with E-state index in [0.717, 1.165) is 5.56 Å². The Labute approximate surface area is 92.8 Å². The molecule has 0 amide bonds. The van der Waals surface area contributed by atoms with Crippen molar-refractivity contribution >= 4 is 5.69 Å². The van der Waals surface area contributed by atoms with Crippen LogP contribution in [0.5, 0.6) is 0 Å². The van der Waals surface area contributed by atoms with Gasteiger partial charge in [0.1, 0.15) is 5.76 Å². The Kier molecular flexibility index (Phi) is 2.57. The predicted molar refractivity (Wildman–Crippen MR) is 61.4 cm³/mol. The summed E-state index contributed by atoms with van der Waals surface area (Å²) >= 11 is 0. The van der Waals surface area contributed by atoms with E-state index in [-0.39, 0.29) is 5.69 Å². The highest BCUT2D eigenvalue weighted by atomic mass is 16.4. The molecule has 0 bridgehead atoms. The molecule has 2 rings (SSSR count). The smallest absolute Gasteiger partial charge is 0.341 e. The van der Waals surface area contributed by atoms with Crippen LogP contribution in [0.25, 0.3) is 16.2 Å². The third-order valence-corrected chi connectivity index (χ3v) is 2.29. The van der Waals surface area contributed by atoms with Gasteiger partial charge in [0.25, 0.3) is 5.69 Å². The lowest BCUT2D eigenvalue weighted by Crippen LogP contribution is -2.00. The number of benzene rings is 1. The topological polar surface area (TPSA) is 34.6 Å². The molecule has 0 N–H and O–H groups in total. The van der Waals surface area contributed by atoms with Crippen LogP contribution in [-0.4, -0.2) is 0 Å². The summed E-state index contributed by atoms with van der Waals surface area (Å²) in [5.74, 6) is 0.496. The van der Waals surface area contributed by atoms with Crippen LogP contribution in [0.4, 0.5) is 5.69 Å². The van der Waals surface area contributed by atoms with E-state index >= 15 is 0 Å². The minimum Gasteiger partial charge on any atom is -0.431 e. The largest absolute Gasteiger partial charge is 0.431 e. The number of hydrogen-bond acceptors (Lipinski definition) is 2. The molecule has 1 heterocycles. The quantitative estimate of drug-likeness (QED) is 0.679. The van der Waals surface area contributed by atoms with E-state index in [0.29, 0.717) is 11.3 Å². The highest BCUT2D eigenvalue weighted by Crippen LogP contribution is 2.22. The second-order valence-electron chi connectivity index (χ2n) is 3.41. The molecular formula is C13H9NO2. The average molecular weight is 211 g/mol. The molecule has 1 aromatic carbocycles. The zero-order valence-corrected chi connectivity index (χ0v) is 8.73. The molecule has 0 saturated carbocycles. The normalized spacial score (nSPS) is 9.75. The van der Waals surface area contributed by atoms with Crippen molar-refractivity contribution in [1.82, 2.24) is 0 Å². The van der Waals surface area contributed by atoms with Gasteiger partial charge in [0.15, 0.2) is 0 Å². The summed E-state index contributed by atoms with van der Waals surface area (Å²) in [4.78, 5) is 14.6. The van der Waals surface area contributed by atoms with Crippen LogP contribution in [0, 0.1) is 13.5 Å². The van der Waals surface area contributed by atoms with Crippen LogP contribution >= 0.6 is 0 Å². The molecule has 0 aliphatic heterocycles. The Hall–Kier alpha value is -2.34. The van der Waals surface area contributed by atoms with Crippen molar-refractivity contribution in [3.63, 3.8) is 0 Å². The lowest BCUT2D eigenvalue weighted by molar-refractivity contribution is 0.528. The van der Waals surface area contributed by atoms with E-state index < -0.39 is 5.63 Å². The van der Waals surface area contributed by atoms with Crippen LogP contribution in [0.1, 0.15) is 5.56 Å². The first-order chi connectivity index (χ1) is 7.72. The highest BCUT2D eigenvalue weighted by molar-refractivity contribution is 5.61. The van der Waals surface area contributed by atoms with E-state index in [4.69, 9.17) is 11.0 Å². The molecule has 0 fully saturated rings. The fraction of sp³-hybridized carbons (Fsp3) is 0.0769. The standard InChI is InChI=1S/C13H9NO2/c1-9-8-11(10-6-4-3-5-7-10)16-13(15)12(9)14-2/h3-8H,1H3. The molecule has 1 aromatic heterocycles. The van der Waals surface area contributed by atoms with Gasteiger partial charge in [-0.3, -0.25) is 4.79 Å². The molecule has 0 atom stereocenters. The van der Waals surface area contributed by atoms with E-state index in [1.807, 2.05) is 30.3 Å². The second-order valence-corrected chi connectivity index (χ2v) is 3.41. The minimum atomic E-state index is -0.575. The van der Waals surface area contributed by atoms with Crippen molar-refractivity contribution in [3.8, 4) is 11.3 Å². The Morgan fingerprint density at radius 3 is 2.50 bits per heavy atom. The van der Waals surface area contributed by atoms with Gasteiger partial charge in [-0.05, 0) is 18.6 Å². The van der Waals surface area contributed by atoms with Crippen LogP contribution < -0.4 is 5.63 Å². The fourth-order valence-corrected chi connectivity index (χ4v) is 1.48. The minimum absolute atomic E-state index is 0.0553.